The second-order valence-electron chi connectivity index (χ2n) is 5.94. The lowest BCUT2D eigenvalue weighted by Gasteiger charge is -2.25. The molecular weight excluding hydrogens is 304 g/mol. The van der Waals surface area contributed by atoms with Gasteiger partial charge in [0.2, 0.25) is 0 Å². The van der Waals surface area contributed by atoms with Crippen molar-refractivity contribution >= 4 is 12.1 Å². The molecule has 0 radical (unpaired) electrons. The van der Waals surface area contributed by atoms with Crippen LogP contribution in [0.25, 0.3) is 0 Å². The van der Waals surface area contributed by atoms with Gasteiger partial charge in [-0.1, -0.05) is 39.5 Å². The molecule has 0 aromatic heterocycles. The molecule has 0 heterocycles. The van der Waals surface area contributed by atoms with Gasteiger partial charge in [0, 0.05) is 0 Å². The number of unbranched alkanes of at least 4 members (excludes halogenated alkanes) is 2. The Hall–Kier alpha value is -1.88. The van der Waals surface area contributed by atoms with Gasteiger partial charge in [0.15, 0.2) is 0 Å². The van der Waals surface area contributed by atoms with Gasteiger partial charge < -0.3 is 9.84 Å². The van der Waals surface area contributed by atoms with Gasteiger partial charge in [-0.25, -0.2) is 5.43 Å². The Kier molecular flexibility index (Phi) is 9.08. The maximum atomic E-state index is 12.3. The van der Waals surface area contributed by atoms with Crippen LogP contribution in [0.3, 0.4) is 0 Å². The molecule has 0 aliphatic carbocycles. The Bertz CT molecular complexity index is 504. The lowest BCUT2D eigenvalue weighted by Crippen LogP contribution is -2.45. The van der Waals surface area contributed by atoms with Crippen molar-refractivity contribution in [1.29, 1.82) is 0 Å². The van der Waals surface area contributed by atoms with Crippen LogP contribution in [-0.4, -0.2) is 29.4 Å². The van der Waals surface area contributed by atoms with E-state index in [4.69, 9.17) is 4.74 Å². The van der Waals surface area contributed by atoms with Crippen molar-refractivity contribution < 1.29 is 14.6 Å². The van der Waals surface area contributed by atoms with Crippen LogP contribution in [0.5, 0.6) is 5.75 Å². The minimum atomic E-state index is -1.33. The Balaban J connectivity index is 2.62. The number of carbonyl (C=O) groups excluding carboxylic acids is 1. The summed E-state index contributed by atoms with van der Waals surface area (Å²) in [5, 5.41) is 14.6. The van der Waals surface area contributed by atoms with E-state index in [1.54, 1.807) is 6.21 Å². The van der Waals surface area contributed by atoms with Gasteiger partial charge >= 0.3 is 0 Å². The molecule has 0 unspecified atom stereocenters. The Morgan fingerprint density at radius 1 is 1.17 bits per heavy atom. The van der Waals surface area contributed by atoms with Crippen LogP contribution in [0.2, 0.25) is 0 Å². The van der Waals surface area contributed by atoms with Gasteiger partial charge in [-0.05, 0) is 49.6 Å². The number of nitrogens with zero attached hydrogens (tertiary/aromatic N) is 1. The first kappa shape index (κ1) is 20.2. The van der Waals surface area contributed by atoms with E-state index in [0.717, 1.165) is 37.0 Å². The smallest absolute Gasteiger partial charge is 0.271 e. The summed E-state index contributed by atoms with van der Waals surface area (Å²) in [6, 6.07) is 7.43. The van der Waals surface area contributed by atoms with Crippen molar-refractivity contribution in [1.82, 2.24) is 5.43 Å². The highest BCUT2D eigenvalue weighted by Gasteiger charge is 2.34. The van der Waals surface area contributed by atoms with Crippen LogP contribution in [0, 0.1) is 0 Å². The molecule has 0 fully saturated rings. The highest BCUT2D eigenvalue weighted by atomic mass is 16.5. The van der Waals surface area contributed by atoms with E-state index in [2.05, 4.69) is 10.5 Å². The number of carbonyl (C=O) groups is 1. The van der Waals surface area contributed by atoms with Gasteiger partial charge in [0.25, 0.3) is 5.91 Å². The van der Waals surface area contributed by atoms with Gasteiger partial charge in [0.1, 0.15) is 11.4 Å². The van der Waals surface area contributed by atoms with E-state index in [-0.39, 0.29) is 0 Å². The zero-order chi connectivity index (χ0) is 17.8. The van der Waals surface area contributed by atoms with E-state index in [0.29, 0.717) is 19.4 Å². The average molecular weight is 334 g/mol. The second-order valence-corrected chi connectivity index (χ2v) is 5.94. The van der Waals surface area contributed by atoms with Crippen LogP contribution in [0.15, 0.2) is 29.4 Å². The van der Waals surface area contributed by atoms with E-state index in [1.165, 1.54) is 0 Å². The maximum absolute atomic E-state index is 12.3. The molecule has 0 spiro atoms. The summed E-state index contributed by atoms with van der Waals surface area (Å²) in [5.74, 6) is 0.374. The first-order valence-electron chi connectivity index (χ1n) is 8.84. The first-order chi connectivity index (χ1) is 11.6. The molecule has 134 valence electrons. The number of amides is 1. The van der Waals surface area contributed by atoms with E-state index < -0.39 is 11.5 Å². The molecule has 5 heteroatoms. The summed E-state index contributed by atoms with van der Waals surface area (Å²) >= 11 is 0. The highest BCUT2D eigenvalue weighted by molar-refractivity contribution is 5.87. The molecule has 24 heavy (non-hydrogen) atoms. The maximum Gasteiger partial charge on any atom is 0.271 e. The topological polar surface area (TPSA) is 70.9 Å². The molecule has 1 rings (SSSR count). The van der Waals surface area contributed by atoms with Crippen LogP contribution < -0.4 is 10.2 Å². The number of ether oxygens (including phenoxy) is 1. The predicted molar refractivity (Wildman–Crippen MR) is 97.3 cm³/mol. The third-order valence-corrected chi connectivity index (χ3v) is 3.88. The summed E-state index contributed by atoms with van der Waals surface area (Å²) in [6.07, 6.45) is 6.01. The van der Waals surface area contributed by atoms with Gasteiger partial charge in [-0.3, -0.25) is 4.79 Å². The number of hydrogen-bond acceptors (Lipinski definition) is 4. The normalized spacial score (nSPS) is 11.7. The molecule has 1 amide bonds. The Labute approximate surface area is 145 Å². The van der Waals surface area contributed by atoms with E-state index in [9.17, 15) is 9.90 Å². The van der Waals surface area contributed by atoms with Crippen molar-refractivity contribution in [3.8, 4) is 5.75 Å². The largest absolute Gasteiger partial charge is 0.494 e. The molecule has 1 aromatic carbocycles. The summed E-state index contributed by atoms with van der Waals surface area (Å²) in [5.41, 5.74) is 2.00. The molecule has 5 nitrogen and oxygen atoms in total. The van der Waals surface area contributed by atoms with Crippen molar-refractivity contribution in [2.75, 3.05) is 6.61 Å². The van der Waals surface area contributed by atoms with E-state index >= 15 is 0 Å². The molecule has 0 saturated carbocycles. The van der Waals surface area contributed by atoms with Crippen LogP contribution in [-0.2, 0) is 4.79 Å². The number of hydrogen-bond donors (Lipinski definition) is 2. The van der Waals surface area contributed by atoms with Crippen LogP contribution >= 0.6 is 0 Å². The zero-order valence-electron chi connectivity index (χ0n) is 15.0. The molecule has 0 atom stereocenters. The second kappa shape index (κ2) is 10.8. The van der Waals surface area contributed by atoms with Crippen molar-refractivity contribution in [2.45, 2.75) is 64.9 Å². The number of nitrogens with one attached hydrogen (secondary N) is 1. The number of benzene rings is 1. The predicted octanol–water partition coefficient (Wildman–Crippen LogP) is 3.65. The molecule has 1 aromatic rings. The zero-order valence-corrected chi connectivity index (χ0v) is 15.0. The first-order valence-corrected chi connectivity index (χ1v) is 8.84. The fourth-order valence-corrected chi connectivity index (χ4v) is 2.38. The number of rotatable bonds is 11. The van der Waals surface area contributed by atoms with Crippen molar-refractivity contribution in [3.63, 3.8) is 0 Å². The lowest BCUT2D eigenvalue weighted by atomic mass is 9.90. The van der Waals surface area contributed by atoms with E-state index in [1.807, 2.05) is 45.0 Å². The molecule has 0 aliphatic heterocycles. The van der Waals surface area contributed by atoms with Crippen molar-refractivity contribution in [2.24, 2.45) is 5.10 Å². The quantitative estimate of drug-likeness (QED) is 0.479. The third kappa shape index (κ3) is 6.71. The van der Waals surface area contributed by atoms with Gasteiger partial charge in [-0.15, -0.1) is 0 Å². The van der Waals surface area contributed by atoms with Crippen LogP contribution in [0.4, 0.5) is 0 Å². The standard InChI is InChI=1S/C19H30N2O3/c1-4-7-13-19(23,14-8-5-2)18(22)21-20-15-16-9-11-17(12-10-16)24-6-3/h9-12,15,23H,4-8,13-14H2,1-3H3,(H,21,22). The summed E-state index contributed by atoms with van der Waals surface area (Å²) in [6.45, 7) is 6.64. The summed E-state index contributed by atoms with van der Waals surface area (Å²) in [7, 11) is 0. The fourth-order valence-electron chi connectivity index (χ4n) is 2.38. The van der Waals surface area contributed by atoms with Crippen LogP contribution in [0.1, 0.15) is 64.9 Å². The highest BCUT2D eigenvalue weighted by Crippen LogP contribution is 2.22. The minimum Gasteiger partial charge on any atom is -0.494 e. The molecule has 0 aliphatic rings. The average Bonchev–Trinajstić information content (AvgIpc) is 2.59. The number of aliphatic hydroxyl groups is 1. The lowest BCUT2D eigenvalue weighted by molar-refractivity contribution is -0.141. The molecule has 0 saturated heterocycles. The molecule has 2 N–H and O–H groups in total. The molecular formula is C19H30N2O3. The molecule has 0 bridgehead atoms. The monoisotopic (exact) mass is 334 g/mol. The Morgan fingerprint density at radius 3 is 2.25 bits per heavy atom. The number of hydrazone groups is 1. The Morgan fingerprint density at radius 2 is 1.75 bits per heavy atom. The van der Waals surface area contributed by atoms with Gasteiger partial charge in [0.05, 0.1) is 12.8 Å². The SMILES string of the molecule is CCCCC(O)(CCCC)C(=O)NN=Cc1ccc(OCC)cc1. The van der Waals surface area contributed by atoms with Crippen molar-refractivity contribution in [3.05, 3.63) is 29.8 Å². The third-order valence-electron chi connectivity index (χ3n) is 3.88. The van der Waals surface area contributed by atoms with Gasteiger partial charge in [-0.2, -0.15) is 5.10 Å². The summed E-state index contributed by atoms with van der Waals surface area (Å²) in [4.78, 5) is 12.3. The minimum absolute atomic E-state index is 0.424. The summed E-state index contributed by atoms with van der Waals surface area (Å²) < 4.78 is 5.38. The fraction of sp³-hybridized carbons (Fsp3) is 0.579.